The van der Waals surface area contributed by atoms with Crippen molar-refractivity contribution in [1.82, 2.24) is 15.3 Å². The monoisotopic (exact) mass is 591 g/mol. The van der Waals surface area contributed by atoms with Crippen LogP contribution in [0.2, 0.25) is 5.02 Å². The molecule has 2 aromatic rings. The number of pyridine rings is 1. The van der Waals surface area contributed by atoms with E-state index in [1.807, 2.05) is 0 Å². The number of rotatable bonds is 7. The van der Waals surface area contributed by atoms with Gasteiger partial charge in [0.05, 0.1) is 23.9 Å². The van der Waals surface area contributed by atoms with E-state index in [1.165, 1.54) is 43.6 Å². The van der Waals surface area contributed by atoms with Crippen LogP contribution in [-0.2, 0) is 16.0 Å². The molecule has 0 radical (unpaired) electrons. The molecule has 218 valence electrons. The molecule has 2 heterocycles. The Labute approximate surface area is 239 Å². The quantitative estimate of drug-likeness (QED) is 0.326. The summed E-state index contributed by atoms with van der Waals surface area (Å²) in [6.07, 6.45) is 0.528. The third kappa shape index (κ3) is 6.88. The number of ether oxygens (including phenoxy) is 2. The predicted molar refractivity (Wildman–Crippen MR) is 150 cm³/mol. The lowest BCUT2D eigenvalue weighted by Gasteiger charge is -2.28. The number of nitrogens with zero attached hydrogens (tertiary/aromatic N) is 2. The summed E-state index contributed by atoms with van der Waals surface area (Å²) in [7, 11) is 3.05. The topological polar surface area (TPSA) is 118 Å². The molecule has 4 rings (SSSR count). The number of nitrogens with one attached hydrogen (secondary N) is 3. The molecule has 1 aliphatic heterocycles. The highest BCUT2D eigenvalue weighted by atomic mass is 35.5. The Morgan fingerprint density at radius 3 is 2.71 bits per heavy atom. The molecule has 9 nitrogen and oxygen atoms in total. The molecule has 3 atom stereocenters. The normalized spacial score (nSPS) is 19.2. The van der Waals surface area contributed by atoms with Gasteiger partial charge in [-0.1, -0.05) is 17.7 Å². The zero-order chi connectivity index (χ0) is 29.9. The van der Waals surface area contributed by atoms with Gasteiger partial charge >= 0.3 is 6.18 Å². The lowest BCUT2D eigenvalue weighted by molar-refractivity contribution is -0.181. The second-order valence-corrected chi connectivity index (χ2v) is 10.1. The first-order valence-electron chi connectivity index (χ1n) is 12.7. The van der Waals surface area contributed by atoms with E-state index in [1.54, 1.807) is 26.1 Å². The molecule has 0 saturated heterocycles. The highest BCUT2D eigenvalue weighted by Gasteiger charge is 2.41. The summed E-state index contributed by atoms with van der Waals surface area (Å²) >= 11 is 6.18. The van der Waals surface area contributed by atoms with Crippen LogP contribution in [0.5, 0.6) is 5.75 Å². The molecule has 1 aromatic carbocycles. The van der Waals surface area contributed by atoms with Crippen molar-refractivity contribution in [1.29, 1.82) is 5.41 Å². The van der Waals surface area contributed by atoms with E-state index in [0.29, 0.717) is 22.5 Å². The summed E-state index contributed by atoms with van der Waals surface area (Å²) in [6.45, 7) is 1.05. The number of fused-ring (bicyclic) bond motifs is 3. The fourth-order valence-electron chi connectivity index (χ4n) is 4.61. The lowest BCUT2D eigenvalue weighted by atomic mass is 9.91. The number of allylic oxidation sites excluding steroid dienone is 3. The van der Waals surface area contributed by atoms with Gasteiger partial charge in [0.25, 0.3) is 5.56 Å². The first-order chi connectivity index (χ1) is 19.4. The minimum absolute atomic E-state index is 0.0106. The van der Waals surface area contributed by atoms with Crippen LogP contribution in [0, 0.1) is 11.3 Å². The minimum Gasteiger partial charge on any atom is -0.491 e. The number of methoxy groups -OCH3 is 1. The van der Waals surface area contributed by atoms with Crippen molar-refractivity contribution in [2.75, 3.05) is 20.8 Å². The van der Waals surface area contributed by atoms with Gasteiger partial charge in [-0.15, -0.1) is 0 Å². The predicted octanol–water partition coefficient (Wildman–Crippen LogP) is 4.41. The van der Waals surface area contributed by atoms with Crippen molar-refractivity contribution in [3.63, 3.8) is 0 Å². The SMILES string of the molecule is CN/N=C1/C=CC(NC(=O)C(CC(C)OC)n2cc3c(cc2=O)-c2cc(Cl)ccc2CC(C(F)(F)F)CO3)=CC1=N. The lowest BCUT2D eigenvalue weighted by Crippen LogP contribution is -2.39. The average Bonchev–Trinajstić information content (AvgIpc) is 2.90. The van der Waals surface area contributed by atoms with E-state index in [9.17, 15) is 22.8 Å². The maximum atomic E-state index is 13.8. The highest BCUT2D eigenvalue weighted by Crippen LogP contribution is 2.40. The van der Waals surface area contributed by atoms with Crippen LogP contribution >= 0.6 is 11.6 Å². The van der Waals surface area contributed by atoms with Crippen LogP contribution in [0.1, 0.15) is 24.9 Å². The molecule has 2 aliphatic rings. The Balaban J connectivity index is 1.76. The summed E-state index contributed by atoms with van der Waals surface area (Å²) in [6, 6.07) is 4.65. The van der Waals surface area contributed by atoms with Crippen molar-refractivity contribution in [2.24, 2.45) is 11.0 Å². The molecule has 0 spiro atoms. The summed E-state index contributed by atoms with van der Waals surface area (Å²) in [5.41, 5.74) is 3.76. The van der Waals surface area contributed by atoms with Gasteiger partial charge in [0.1, 0.15) is 24.1 Å². The molecule has 41 heavy (non-hydrogen) atoms. The number of aromatic nitrogens is 1. The van der Waals surface area contributed by atoms with E-state index < -0.39 is 42.3 Å². The van der Waals surface area contributed by atoms with Gasteiger partial charge in [0, 0.05) is 42.9 Å². The fourth-order valence-corrected chi connectivity index (χ4v) is 4.79. The van der Waals surface area contributed by atoms with Gasteiger partial charge in [-0.25, -0.2) is 0 Å². The van der Waals surface area contributed by atoms with Crippen LogP contribution in [0.15, 0.2) is 64.3 Å². The molecule has 3 unspecified atom stereocenters. The van der Waals surface area contributed by atoms with Crippen LogP contribution in [-0.4, -0.2) is 54.9 Å². The van der Waals surface area contributed by atoms with Crippen molar-refractivity contribution < 1.29 is 27.4 Å². The van der Waals surface area contributed by atoms with E-state index in [2.05, 4.69) is 15.8 Å². The first kappa shape index (κ1) is 30.1. The second kappa shape index (κ2) is 12.3. The Hall–Kier alpha value is -3.90. The fraction of sp³-hybridized carbons (Fsp3) is 0.357. The maximum Gasteiger partial charge on any atom is 0.395 e. The molecule has 1 aromatic heterocycles. The van der Waals surface area contributed by atoms with E-state index in [4.69, 9.17) is 26.5 Å². The number of hydrogen-bond acceptors (Lipinski definition) is 7. The molecule has 1 aliphatic carbocycles. The van der Waals surface area contributed by atoms with Gasteiger partial charge in [-0.05, 0) is 54.8 Å². The largest absolute Gasteiger partial charge is 0.491 e. The van der Waals surface area contributed by atoms with Gasteiger partial charge in [0.15, 0.2) is 0 Å². The third-order valence-electron chi connectivity index (χ3n) is 6.87. The number of amides is 1. The highest BCUT2D eigenvalue weighted by molar-refractivity contribution is 6.50. The number of benzene rings is 1. The Kier molecular flexibility index (Phi) is 9.03. The van der Waals surface area contributed by atoms with Gasteiger partial charge in [-0.3, -0.25) is 19.6 Å². The van der Waals surface area contributed by atoms with Crippen LogP contribution in [0.4, 0.5) is 13.2 Å². The first-order valence-corrected chi connectivity index (χ1v) is 13.1. The van der Waals surface area contributed by atoms with Crippen LogP contribution < -0.4 is 21.0 Å². The molecule has 0 bridgehead atoms. The van der Waals surface area contributed by atoms with Crippen molar-refractivity contribution in [2.45, 2.75) is 38.1 Å². The maximum absolute atomic E-state index is 13.8. The summed E-state index contributed by atoms with van der Waals surface area (Å²) in [5, 5.41) is 15.1. The Morgan fingerprint density at radius 2 is 2.05 bits per heavy atom. The Morgan fingerprint density at radius 1 is 1.29 bits per heavy atom. The minimum atomic E-state index is -4.52. The van der Waals surface area contributed by atoms with Crippen molar-refractivity contribution in [3.05, 3.63) is 75.3 Å². The molecule has 0 saturated carbocycles. The number of hydrogen-bond donors (Lipinski definition) is 3. The average molecular weight is 592 g/mol. The van der Waals surface area contributed by atoms with Gasteiger partial charge in [-0.2, -0.15) is 18.3 Å². The smallest absolute Gasteiger partial charge is 0.395 e. The molecule has 1 amide bonds. The van der Waals surface area contributed by atoms with Crippen LogP contribution in [0.25, 0.3) is 11.1 Å². The number of halogens is 4. The summed E-state index contributed by atoms with van der Waals surface area (Å²) < 4.78 is 53.6. The number of carbonyl (C=O) groups is 1. The molecular weight excluding hydrogens is 563 g/mol. The van der Waals surface area contributed by atoms with E-state index >= 15 is 0 Å². The van der Waals surface area contributed by atoms with Gasteiger partial charge < -0.3 is 20.2 Å². The summed E-state index contributed by atoms with van der Waals surface area (Å²) in [4.78, 5) is 27.0. The number of hydrazone groups is 1. The zero-order valence-corrected chi connectivity index (χ0v) is 23.3. The molecule has 0 fully saturated rings. The molecule has 13 heteroatoms. The van der Waals surface area contributed by atoms with Crippen molar-refractivity contribution >= 4 is 28.9 Å². The second-order valence-electron chi connectivity index (χ2n) is 9.71. The summed E-state index contributed by atoms with van der Waals surface area (Å²) in [5.74, 6) is -2.37. The zero-order valence-electron chi connectivity index (χ0n) is 22.5. The van der Waals surface area contributed by atoms with E-state index in [0.717, 1.165) is 4.57 Å². The van der Waals surface area contributed by atoms with E-state index in [-0.39, 0.29) is 34.9 Å². The van der Waals surface area contributed by atoms with Gasteiger partial charge in [0.2, 0.25) is 5.91 Å². The standard InChI is InChI=1S/C28H29ClF3N5O4/c1-15(40-3)8-24(27(39)35-19-6-7-23(36-34-2)22(33)11-19)37-13-25-21(12-26(37)38)20-10-18(29)5-4-16(20)9-17(14-41-25)28(30,31)32/h4-7,10-13,15,17,24,33-34H,8-9,14H2,1-3H3,(H,35,39)/b33-22?,36-23-. The molecule has 3 N–H and O–H groups in total. The van der Waals surface area contributed by atoms with Crippen LogP contribution in [0.3, 0.4) is 0 Å². The number of carbonyl (C=O) groups excluding carboxylic acids is 1. The third-order valence-corrected chi connectivity index (χ3v) is 7.10. The number of alkyl halides is 3. The van der Waals surface area contributed by atoms with Crippen molar-refractivity contribution in [3.8, 4) is 16.9 Å². The Bertz CT molecular complexity index is 1500. The molecular formula is C28H29ClF3N5O4.